The second-order valence-corrected chi connectivity index (χ2v) is 13.5. The number of ether oxygens (including phenoxy) is 2. The number of carboxylic acid groups (broad SMARTS) is 1. The van der Waals surface area contributed by atoms with Crippen molar-refractivity contribution in [2.75, 3.05) is 13.2 Å². The highest BCUT2D eigenvalue weighted by atomic mass is 35.5. The lowest BCUT2D eigenvalue weighted by molar-refractivity contribution is -0.130. The van der Waals surface area contributed by atoms with Gasteiger partial charge in [0.1, 0.15) is 24.4 Å². The van der Waals surface area contributed by atoms with Gasteiger partial charge in [-0.1, -0.05) is 91.0 Å². The van der Waals surface area contributed by atoms with Gasteiger partial charge in [0.05, 0.1) is 6.61 Å². The van der Waals surface area contributed by atoms with Gasteiger partial charge in [-0.2, -0.15) is 0 Å². The topological polar surface area (TPSA) is 155 Å². The van der Waals surface area contributed by atoms with Gasteiger partial charge in [0, 0.05) is 31.8 Å². The van der Waals surface area contributed by atoms with Crippen LogP contribution in [-0.2, 0) is 40.3 Å². The molecule has 0 fully saturated rings. The molecule has 11 nitrogen and oxygen atoms in total. The van der Waals surface area contributed by atoms with E-state index in [0.717, 1.165) is 39.9 Å². The van der Waals surface area contributed by atoms with E-state index in [1.54, 1.807) is 48.5 Å². The molecule has 0 aliphatic heterocycles. The van der Waals surface area contributed by atoms with Crippen molar-refractivity contribution in [2.45, 2.75) is 50.9 Å². The zero-order valence-electron chi connectivity index (χ0n) is 31.5. The van der Waals surface area contributed by atoms with Crippen LogP contribution in [-0.4, -0.2) is 54.4 Å². The number of alkyl carbamates (subject to hydrolysis) is 1. The zero-order chi connectivity index (χ0) is 40.3. The minimum atomic E-state index is -1.44. The molecule has 5 aromatic rings. The van der Waals surface area contributed by atoms with Crippen LogP contribution in [0, 0.1) is 11.6 Å². The smallest absolute Gasteiger partial charge is 0.407 e. The van der Waals surface area contributed by atoms with Gasteiger partial charge in [-0.25, -0.2) is 18.4 Å². The zero-order valence-corrected chi connectivity index (χ0v) is 32.3. The van der Waals surface area contributed by atoms with Crippen molar-refractivity contribution in [2.24, 2.45) is 0 Å². The first kappa shape index (κ1) is 42.7. The van der Waals surface area contributed by atoms with Gasteiger partial charge in [-0.05, 0) is 75.7 Å². The predicted molar refractivity (Wildman–Crippen MR) is 216 cm³/mol. The minimum absolute atomic E-state index is 0. The number of hydrogen-bond donors (Lipinski definition) is 5. The molecule has 302 valence electrons. The maximum atomic E-state index is 14.1. The third-order valence-electron chi connectivity index (χ3n) is 9.62. The molecule has 0 spiro atoms. The first-order valence-electron chi connectivity index (χ1n) is 18.5. The van der Waals surface area contributed by atoms with Crippen LogP contribution in [0.4, 0.5) is 18.4 Å². The Morgan fingerprint density at radius 1 is 0.655 bits per heavy atom. The molecule has 5 N–H and O–H groups in total. The Hall–Kier alpha value is -6.47. The largest absolute Gasteiger partial charge is 0.494 e. The molecular formula is C44H43ClF2N4O7. The number of carbonyl (C=O) groups excluding carboxylic acids is 3. The van der Waals surface area contributed by atoms with Crippen LogP contribution in [0.15, 0.2) is 115 Å². The lowest BCUT2D eigenvalue weighted by Gasteiger charge is -2.23. The molecule has 4 amide bonds. The average molecular weight is 813 g/mol. The molecule has 5 aromatic carbocycles. The van der Waals surface area contributed by atoms with Gasteiger partial charge < -0.3 is 35.8 Å². The Bertz CT molecular complexity index is 2180. The van der Waals surface area contributed by atoms with Gasteiger partial charge in [-0.3, -0.25) is 9.59 Å². The summed E-state index contributed by atoms with van der Waals surface area (Å²) in [7, 11) is 0. The monoisotopic (exact) mass is 812 g/mol. The number of nitrogens with one attached hydrogen (secondary N) is 4. The normalized spacial score (nSPS) is 12.5. The number of hydrogen-bond acceptors (Lipinski definition) is 6. The van der Waals surface area contributed by atoms with Gasteiger partial charge in [-0.15, -0.1) is 12.4 Å². The maximum Gasteiger partial charge on any atom is 0.407 e. The van der Waals surface area contributed by atoms with E-state index in [1.165, 1.54) is 6.07 Å². The Labute approximate surface area is 340 Å². The fourth-order valence-corrected chi connectivity index (χ4v) is 6.78. The van der Waals surface area contributed by atoms with E-state index < -0.39 is 47.7 Å². The first-order valence-corrected chi connectivity index (χ1v) is 18.5. The van der Waals surface area contributed by atoms with E-state index in [0.29, 0.717) is 23.5 Å². The highest BCUT2D eigenvalue weighted by Gasteiger charge is 2.30. The quantitative estimate of drug-likeness (QED) is 0.0716. The van der Waals surface area contributed by atoms with Crippen LogP contribution in [0.2, 0.25) is 0 Å². The van der Waals surface area contributed by atoms with Crippen LogP contribution in [0.3, 0.4) is 0 Å². The molecule has 0 saturated heterocycles. The first-order chi connectivity index (χ1) is 27.6. The fraction of sp³-hybridized carbons (Fsp3) is 0.227. The van der Waals surface area contributed by atoms with Crippen molar-refractivity contribution >= 4 is 36.4 Å². The van der Waals surface area contributed by atoms with Crippen LogP contribution >= 0.6 is 12.4 Å². The molecule has 0 unspecified atom stereocenters. The minimum Gasteiger partial charge on any atom is -0.494 e. The molecule has 2 atom stereocenters. The summed E-state index contributed by atoms with van der Waals surface area (Å²) in [5.74, 6) is -3.06. The van der Waals surface area contributed by atoms with E-state index in [-0.39, 0.29) is 56.4 Å². The highest BCUT2D eigenvalue weighted by Crippen LogP contribution is 2.44. The molecule has 6 rings (SSSR count). The number of rotatable bonds is 16. The second kappa shape index (κ2) is 20.1. The van der Waals surface area contributed by atoms with Gasteiger partial charge >= 0.3 is 12.2 Å². The molecule has 0 bridgehead atoms. The summed E-state index contributed by atoms with van der Waals surface area (Å²) in [6.07, 6.45) is -2.24. The number of carbonyl (C=O) groups is 4. The summed E-state index contributed by atoms with van der Waals surface area (Å²) in [5, 5.41) is 19.8. The van der Waals surface area contributed by atoms with Crippen LogP contribution in [0.1, 0.15) is 46.2 Å². The van der Waals surface area contributed by atoms with E-state index in [9.17, 15) is 33.1 Å². The van der Waals surface area contributed by atoms with E-state index >= 15 is 0 Å². The standard InChI is InChI=1S/C44H42F2N4O7.ClH/c1-2-56-31-18-15-27(16-19-31)22-40(50-43(53)54)42(52)49-39(23-30-17-20-37(45)38(46)21-30)41(51)47-24-28-11-13-29(14-12-28)25-48-44(55)57-26-36-34-9-5-3-7-32(34)33-8-4-6-10-35(33)36;/h3-21,36,39-40,50H,2,22-26H2,1H3,(H,47,51)(H,48,55)(H,49,52)(H,53,54);1H/t39-,40+;/m0./s1. The SMILES string of the molecule is CCOc1ccc(C[C@@H](NC(=O)O)C(=O)N[C@@H](Cc2ccc(F)c(F)c2)C(=O)NCc2ccc(CNC(=O)OCC3c4ccccc4-c4ccccc43)cc2)cc1.Cl. The van der Waals surface area contributed by atoms with Crippen molar-refractivity contribution in [1.82, 2.24) is 21.3 Å². The third kappa shape index (κ3) is 11.1. The van der Waals surface area contributed by atoms with Crippen LogP contribution in [0.25, 0.3) is 11.1 Å². The lowest BCUT2D eigenvalue weighted by Crippen LogP contribution is -2.54. The summed E-state index contributed by atoms with van der Waals surface area (Å²) >= 11 is 0. The maximum absolute atomic E-state index is 14.1. The molecule has 1 aliphatic rings. The Morgan fingerprint density at radius 2 is 1.19 bits per heavy atom. The van der Waals surface area contributed by atoms with Crippen LogP contribution in [0.5, 0.6) is 5.75 Å². The number of benzene rings is 5. The average Bonchev–Trinajstić information content (AvgIpc) is 3.53. The van der Waals surface area contributed by atoms with Gasteiger partial charge in [0.2, 0.25) is 11.8 Å². The highest BCUT2D eigenvalue weighted by molar-refractivity contribution is 5.91. The molecule has 0 heterocycles. The lowest BCUT2D eigenvalue weighted by atomic mass is 9.98. The summed E-state index contributed by atoms with van der Waals surface area (Å²) in [5.41, 5.74) is 6.86. The molecule has 0 radical (unpaired) electrons. The molecule has 0 aromatic heterocycles. The Kier molecular flexibility index (Phi) is 14.8. The molecule has 1 aliphatic carbocycles. The van der Waals surface area contributed by atoms with E-state index in [1.807, 2.05) is 31.2 Å². The van der Waals surface area contributed by atoms with Gasteiger partial charge in [0.15, 0.2) is 11.6 Å². The van der Waals surface area contributed by atoms with Crippen molar-refractivity contribution in [3.8, 4) is 16.9 Å². The summed E-state index contributed by atoms with van der Waals surface area (Å²) < 4.78 is 38.9. The molecular weight excluding hydrogens is 770 g/mol. The Morgan fingerprint density at radius 3 is 1.78 bits per heavy atom. The summed E-state index contributed by atoms with van der Waals surface area (Å²) in [6.45, 7) is 2.74. The van der Waals surface area contributed by atoms with Gasteiger partial charge in [0.25, 0.3) is 0 Å². The van der Waals surface area contributed by atoms with Crippen molar-refractivity contribution < 1.29 is 42.5 Å². The predicted octanol–water partition coefficient (Wildman–Crippen LogP) is 7.05. The molecule has 0 saturated carbocycles. The third-order valence-corrected chi connectivity index (χ3v) is 9.62. The van der Waals surface area contributed by atoms with Crippen LogP contribution < -0.4 is 26.0 Å². The van der Waals surface area contributed by atoms with Crippen molar-refractivity contribution in [3.05, 3.63) is 160 Å². The molecule has 58 heavy (non-hydrogen) atoms. The van der Waals surface area contributed by atoms with Crippen molar-refractivity contribution in [3.63, 3.8) is 0 Å². The van der Waals surface area contributed by atoms with E-state index in [2.05, 4.69) is 45.5 Å². The molecule has 14 heteroatoms. The second-order valence-electron chi connectivity index (χ2n) is 13.5. The fourth-order valence-electron chi connectivity index (χ4n) is 6.78. The summed E-state index contributed by atoms with van der Waals surface area (Å²) in [6, 6.07) is 30.7. The van der Waals surface area contributed by atoms with Crippen molar-refractivity contribution in [1.29, 1.82) is 0 Å². The summed E-state index contributed by atoms with van der Waals surface area (Å²) in [4.78, 5) is 51.4. The number of fused-ring (bicyclic) bond motifs is 3. The van der Waals surface area contributed by atoms with E-state index in [4.69, 9.17) is 9.47 Å². The Balaban J connectivity index is 0.00000641. The number of halogens is 3. The number of amides is 4.